The Balaban J connectivity index is 0.000000385. The van der Waals surface area contributed by atoms with Crippen LogP contribution in [0.2, 0.25) is 0 Å². The Labute approximate surface area is 486 Å². The minimum atomic E-state index is 0. The summed E-state index contributed by atoms with van der Waals surface area (Å²) in [5.74, 6) is 0.426. The fourth-order valence-electron chi connectivity index (χ4n) is 10.5. The molecule has 0 amide bonds. The maximum atomic E-state index is 12.2. The number of para-hydroxylation sites is 4. The van der Waals surface area contributed by atoms with E-state index in [1.807, 2.05) is 109 Å². The summed E-state index contributed by atoms with van der Waals surface area (Å²) in [4.78, 5) is 10.4. The number of aryl methyl sites for hydroxylation is 2. The van der Waals surface area contributed by atoms with Gasteiger partial charge >= 0.3 is 0 Å². The summed E-state index contributed by atoms with van der Waals surface area (Å²) in [7, 11) is 0. The van der Waals surface area contributed by atoms with Gasteiger partial charge in [0, 0.05) is 80.4 Å². The van der Waals surface area contributed by atoms with Gasteiger partial charge in [-0.3, -0.25) is 0 Å². The van der Waals surface area contributed by atoms with Crippen molar-refractivity contribution in [2.24, 2.45) is 0 Å². The van der Waals surface area contributed by atoms with Gasteiger partial charge in [0.05, 0.1) is 44.8 Å². The van der Waals surface area contributed by atoms with E-state index in [2.05, 4.69) is 169 Å². The zero-order chi connectivity index (χ0) is 53.3. The number of hydrogen-bond acceptors (Lipinski definition) is 6. The van der Waals surface area contributed by atoms with Crippen molar-refractivity contribution in [1.82, 2.24) is 19.1 Å². The Morgan fingerprint density at radius 1 is 0.354 bits per heavy atom. The first-order valence-corrected chi connectivity index (χ1v) is 27.5. The molecule has 0 aliphatic carbocycles. The molecule has 9 heteroatoms. The number of fused-ring (bicyclic) bond motifs is 6. The van der Waals surface area contributed by atoms with Crippen LogP contribution in [0, 0.1) is 27.7 Å². The second-order valence-electron chi connectivity index (χ2n) is 19.2. The topological polar surface area (TPSA) is 76.1 Å². The molecular weight excluding hydrogens is 1170 g/mol. The van der Waals surface area contributed by atoms with Gasteiger partial charge in [-0.2, -0.15) is 49.2 Å². The molecule has 10 aromatic carbocycles. The Bertz CT molecular complexity index is 4090. The van der Waals surface area contributed by atoms with Crippen molar-refractivity contribution < 1.29 is 36.1 Å². The van der Waals surface area contributed by atoms with E-state index in [1.165, 1.54) is 0 Å². The summed E-state index contributed by atoms with van der Waals surface area (Å²) in [6, 6.07) is 77.7. The van der Waals surface area contributed by atoms with E-state index >= 15 is 0 Å². The first-order chi connectivity index (χ1) is 38.2. The van der Waals surface area contributed by atoms with E-state index in [0.717, 1.165) is 132 Å². The molecule has 0 atom stereocenters. The minimum absolute atomic E-state index is 0. The molecule has 6 nitrogen and oxygen atoms in total. The maximum Gasteiger partial charge on any atom is 0.152 e. The van der Waals surface area contributed by atoms with E-state index < -0.39 is 0 Å². The number of aromatic nitrogens is 4. The van der Waals surface area contributed by atoms with Crippen LogP contribution in [-0.2, 0) is 25.8 Å². The monoisotopic (exact) mass is 1220 g/mol. The molecule has 4 heterocycles. The van der Waals surface area contributed by atoms with E-state index in [0.29, 0.717) is 0 Å². The third-order valence-corrected chi connectivity index (χ3v) is 15.8. The SMILES string of the molecule is Cc1cc(-c2ccccc2-c2csc(-c3nc(-c4ccccc4-c4cc(C)cc(-n5c6ccccc6c6ccccc65)c4O)cs3)n2)c(O)c(-n2c3ccccc3c3ccccc32)c1.[CH2-]c1ccccc1.[CH2-]c1ccccc1.[Hf]. The van der Waals surface area contributed by atoms with Gasteiger partial charge in [-0.05, 0) is 84.6 Å². The first-order valence-electron chi connectivity index (χ1n) is 25.7. The quantitative estimate of drug-likeness (QED) is 0.123. The maximum absolute atomic E-state index is 12.2. The van der Waals surface area contributed by atoms with Crippen LogP contribution in [0.4, 0.5) is 0 Å². The number of thiazole rings is 2. The molecule has 4 aromatic heterocycles. The van der Waals surface area contributed by atoms with Crippen LogP contribution < -0.4 is 0 Å². The molecule has 0 radical (unpaired) electrons. The molecule has 14 aromatic rings. The third kappa shape index (κ3) is 10.2. The average molecular weight is 1220 g/mol. The molecule has 0 saturated heterocycles. The molecule has 0 aliphatic rings. The number of hydrogen-bond donors (Lipinski definition) is 2. The molecule has 2 N–H and O–H groups in total. The summed E-state index contributed by atoms with van der Waals surface area (Å²) in [6.07, 6.45) is 0. The van der Waals surface area contributed by atoms with Crippen LogP contribution in [0.1, 0.15) is 22.3 Å². The Hall–Kier alpha value is -8.73. The summed E-state index contributed by atoms with van der Waals surface area (Å²) in [5.41, 5.74) is 16.6. The van der Waals surface area contributed by atoms with Crippen molar-refractivity contribution in [3.63, 3.8) is 0 Å². The number of benzene rings is 10. The van der Waals surface area contributed by atoms with Crippen LogP contribution in [0.25, 0.3) is 110 Å². The minimum Gasteiger partial charge on any atom is -0.505 e. The smallest absolute Gasteiger partial charge is 0.152 e. The Kier molecular flexibility index (Phi) is 15.0. The van der Waals surface area contributed by atoms with Gasteiger partial charge in [0.25, 0.3) is 0 Å². The molecule has 0 unspecified atom stereocenters. The van der Waals surface area contributed by atoms with Gasteiger partial charge in [0.15, 0.2) is 10.0 Å². The number of aromatic hydroxyl groups is 2. The third-order valence-electron chi connectivity index (χ3n) is 14.0. The second-order valence-corrected chi connectivity index (χ2v) is 21.0. The summed E-state index contributed by atoms with van der Waals surface area (Å²) in [5, 5.41) is 34.8. The number of rotatable bonds is 7. The summed E-state index contributed by atoms with van der Waals surface area (Å²) in [6.45, 7) is 11.6. The second kappa shape index (κ2) is 22.7. The molecular formula is C70H52HfN4O2S2-2. The molecule has 0 fully saturated rings. The van der Waals surface area contributed by atoms with Gasteiger partial charge < -0.3 is 19.3 Å². The van der Waals surface area contributed by atoms with Gasteiger partial charge in [0.2, 0.25) is 0 Å². The van der Waals surface area contributed by atoms with Crippen molar-refractivity contribution in [3.05, 3.63) is 277 Å². The largest absolute Gasteiger partial charge is 0.505 e. The van der Waals surface area contributed by atoms with Crippen molar-refractivity contribution in [2.45, 2.75) is 13.8 Å². The zero-order valence-corrected chi connectivity index (χ0v) is 48.7. The van der Waals surface area contributed by atoms with E-state index in [1.54, 1.807) is 22.7 Å². The molecule has 79 heavy (non-hydrogen) atoms. The standard InChI is InChI=1S/C56H38N4O2S2.2C7H7.Hf/c1-33-27-43(53(61)51(29-33)59-47-23-11-7-19-39(47)40-20-8-12-24-48(40)59)35-15-3-5-17-37(35)45-31-63-55(57-45)56-58-46(32-64-56)38-18-6-4-16-36(38)44-28-34(2)30-52(54(44)62)60-49-25-13-9-21-41(49)42-22-10-14-26-50(42)60;2*1-7-5-3-2-4-6-7;/h3-32,61-62H,1-2H3;2*2-6H,1H2;/q;2*-1;. The van der Waals surface area contributed by atoms with E-state index in [4.69, 9.17) is 9.97 Å². The van der Waals surface area contributed by atoms with Crippen molar-refractivity contribution in [2.75, 3.05) is 0 Å². The molecule has 0 saturated carbocycles. The molecule has 0 spiro atoms. The van der Waals surface area contributed by atoms with Gasteiger partial charge in [-0.15, -0.1) is 46.9 Å². The van der Waals surface area contributed by atoms with Crippen LogP contribution in [-0.4, -0.2) is 29.3 Å². The Morgan fingerprint density at radius 3 is 0.962 bits per heavy atom. The fourth-order valence-corrected chi connectivity index (χ4v) is 12.2. The van der Waals surface area contributed by atoms with Crippen LogP contribution in [0.3, 0.4) is 0 Å². The molecule has 0 aliphatic heterocycles. The van der Waals surface area contributed by atoms with Crippen LogP contribution in [0.5, 0.6) is 11.5 Å². The van der Waals surface area contributed by atoms with Crippen molar-refractivity contribution in [1.29, 1.82) is 0 Å². The van der Waals surface area contributed by atoms with Crippen molar-refractivity contribution in [3.8, 4) is 77.7 Å². The van der Waals surface area contributed by atoms with E-state index in [9.17, 15) is 10.2 Å². The predicted octanol–water partition coefficient (Wildman–Crippen LogP) is 18.9. The number of nitrogens with zero attached hydrogens (tertiary/aromatic N) is 4. The van der Waals surface area contributed by atoms with Gasteiger partial charge in [-0.25, -0.2) is 9.97 Å². The van der Waals surface area contributed by atoms with Gasteiger partial charge in [0.1, 0.15) is 11.5 Å². The summed E-state index contributed by atoms with van der Waals surface area (Å²) >= 11 is 3.11. The predicted molar refractivity (Wildman–Crippen MR) is 328 cm³/mol. The first kappa shape index (κ1) is 52.3. The van der Waals surface area contributed by atoms with Crippen molar-refractivity contribution >= 4 is 66.3 Å². The van der Waals surface area contributed by atoms with Crippen LogP contribution >= 0.6 is 22.7 Å². The summed E-state index contributed by atoms with van der Waals surface area (Å²) < 4.78 is 4.34. The molecule has 0 bridgehead atoms. The van der Waals surface area contributed by atoms with E-state index in [-0.39, 0.29) is 37.3 Å². The number of phenolic OH excluding ortho intramolecular Hbond substituents is 2. The number of phenols is 2. The normalized spacial score (nSPS) is 11.0. The zero-order valence-electron chi connectivity index (χ0n) is 43.5. The van der Waals surface area contributed by atoms with Crippen LogP contribution in [0.15, 0.2) is 241 Å². The van der Waals surface area contributed by atoms with Gasteiger partial charge in [-0.1, -0.05) is 133 Å². The fraction of sp³-hybridized carbons (Fsp3) is 0.0286. The Morgan fingerprint density at radius 2 is 0.646 bits per heavy atom. The molecule has 382 valence electrons. The molecule has 14 rings (SSSR count). The average Bonchev–Trinajstić information content (AvgIpc) is 4.48.